The van der Waals surface area contributed by atoms with Crippen molar-refractivity contribution < 1.29 is 9.53 Å². The Hall–Kier alpha value is -2.48. The normalized spacial score (nSPS) is 13.9. The van der Waals surface area contributed by atoms with Crippen LogP contribution < -0.4 is 0 Å². The molecular formula is C15H15N3O2. The molecular weight excluding hydrogens is 254 g/mol. The number of nitrogens with one attached hydrogen (secondary N) is 1. The van der Waals surface area contributed by atoms with E-state index in [0.717, 1.165) is 28.6 Å². The van der Waals surface area contributed by atoms with E-state index in [1.807, 2.05) is 12.1 Å². The Morgan fingerprint density at radius 2 is 2.40 bits per heavy atom. The zero-order chi connectivity index (χ0) is 14.1. The number of benzene rings is 1. The standard InChI is InChI=1S/C15H15N3O2/c1-2-20-15(19)18-6-5-14-12(9-18)11-7-10(8-16)3-4-13(11)17-14/h3-4,7,17H,2,5-6,9H2,1H3. The Bertz CT molecular complexity index is 712. The molecule has 102 valence electrons. The number of rotatable bonds is 1. The van der Waals surface area contributed by atoms with E-state index in [0.29, 0.717) is 25.3 Å². The number of hydrogen-bond acceptors (Lipinski definition) is 3. The molecule has 1 amide bonds. The average Bonchev–Trinajstić information content (AvgIpc) is 2.84. The highest BCUT2D eigenvalue weighted by Gasteiger charge is 2.24. The van der Waals surface area contributed by atoms with Crippen molar-refractivity contribution in [3.05, 3.63) is 35.0 Å². The Morgan fingerprint density at radius 3 is 3.15 bits per heavy atom. The zero-order valence-electron chi connectivity index (χ0n) is 11.3. The number of carbonyl (C=O) groups is 1. The van der Waals surface area contributed by atoms with Crippen LogP contribution in [0.25, 0.3) is 10.9 Å². The number of aromatic amines is 1. The first-order valence-electron chi connectivity index (χ1n) is 6.68. The molecule has 0 saturated carbocycles. The van der Waals surface area contributed by atoms with Gasteiger partial charge in [-0.2, -0.15) is 5.26 Å². The van der Waals surface area contributed by atoms with Gasteiger partial charge in [0, 0.05) is 35.1 Å². The van der Waals surface area contributed by atoms with Gasteiger partial charge in [0.25, 0.3) is 0 Å². The molecule has 0 aliphatic carbocycles. The van der Waals surface area contributed by atoms with E-state index in [4.69, 9.17) is 10.00 Å². The van der Waals surface area contributed by atoms with E-state index in [-0.39, 0.29) is 6.09 Å². The van der Waals surface area contributed by atoms with Gasteiger partial charge < -0.3 is 14.6 Å². The predicted molar refractivity (Wildman–Crippen MR) is 74.1 cm³/mol. The molecule has 0 radical (unpaired) electrons. The summed E-state index contributed by atoms with van der Waals surface area (Å²) in [5.74, 6) is 0. The van der Waals surface area contributed by atoms with Gasteiger partial charge in [-0.15, -0.1) is 0 Å². The molecule has 1 aliphatic rings. The molecule has 0 unspecified atom stereocenters. The number of aromatic nitrogens is 1. The third kappa shape index (κ3) is 1.99. The summed E-state index contributed by atoms with van der Waals surface area (Å²) in [4.78, 5) is 16.9. The summed E-state index contributed by atoms with van der Waals surface area (Å²) in [5.41, 5.74) is 3.89. The van der Waals surface area contributed by atoms with E-state index in [2.05, 4.69) is 11.1 Å². The molecule has 5 heteroatoms. The highest BCUT2D eigenvalue weighted by Crippen LogP contribution is 2.28. The van der Waals surface area contributed by atoms with Crippen molar-refractivity contribution in [1.29, 1.82) is 5.26 Å². The quantitative estimate of drug-likeness (QED) is 0.865. The number of fused-ring (bicyclic) bond motifs is 3. The molecule has 1 aromatic carbocycles. The van der Waals surface area contributed by atoms with E-state index < -0.39 is 0 Å². The van der Waals surface area contributed by atoms with Gasteiger partial charge in [0.05, 0.1) is 24.8 Å². The van der Waals surface area contributed by atoms with Gasteiger partial charge in [0.1, 0.15) is 0 Å². The van der Waals surface area contributed by atoms with Crippen LogP contribution in [-0.2, 0) is 17.7 Å². The van der Waals surface area contributed by atoms with E-state index >= 15 is 0 Å². The van der Waals surface area contributed by atoms with Crippen molar-refractivity contribution in [2.45, 2.75) is 19.9 Å². The molecule has 0 bridgehead atoms. The second-order valence-corrected chi connectivity index (χ2v) is 4.82. The van der Waals surface area contributed by atoms with Gasteiger partial charge in [-0.1, -0.05) is 0 Å². The van der Waals surface area contributed by atoms with Crippen LogP contribution in [-0.4, -0.2) is 29.1 Å². The molecule has 1 aliphatic heterocycles. The van der Waals surface area contributed by atoms with E-state index in [9.17, 15) is 4.79 Å². The topological polar surface area (TPSA) is 69.1 Å². The summed E-state index contributed by atoms with van der Waals surface area (Å²) in [6, 6.07) is 7.74. The number of H-pyrrole nitrogens is 1. The van der Waals surface area contributed by atoms with Gasteiger partial charge in [0.2, 0.25) is 0 Å². The molecule has 2 heterocycles. The van der Waals surface area contributed by atoms with E-state index in [1.54, 1.807) is 17.9 Å². The summed E-state index contributed by atoms with van der Waals surface area (Å²) < 4.78 is 5.05. The number of nitrogens with zero attached hydrogens (tertiary/aromatic N) is 2. The van der Waals surface area contributed by atoms with Crippen molar-refractivity contribution in [1.82, 2.24) is 9.88 Å². The van der Waals surface area contributed by atoms with Gasteiger partial charge in [-0.25, -0.2) is 4.79 Å². The monoisotopic (exact) mass is 269 g/mol. The maximum atomic E-state index is 11.8. The number of hydrogen-bond donors (Lipinski definition) is 1. The molecule has 1 aromatic heterocycles. The Labute approximate surface area is 116 Å². The summed E-state index contributed by atoms with van der Waals surface area (Å²) in [7, 11) is 0. The molecule has 5 nitrogen and oxygen atoms in total. The van der Waals surface area contributed by atoms with Gasteiger partial charge >= 0.3 is 6.09 Å². The van der Waals surface area contributed by atoms with Crippen molar-refractivity contribution in [3.8, 4) is 6.07 Å². The first kappa shape index (κ1) is 12.5. The molecule has 3 rings (SSSR count). The van der Waals surface area contributed by atoms with Crippen molar-refractivity contribution in [3.63, 3.8) is 0 Å². The van der Waals surface area contributed by atoms with Crippen LogP contribution in [0.4, 0.5) is 4.79 Å². The highest BCUT2D eigenvalue weighted by molar-refractivity contribution is 5.86. The molecule has 2 aromatic rings. The van der Waals surface area contributed by atoms with Crippen LogP contribution >= 0.6 is 0 Å². The lowest BCUT2D eigenvalue weighted by Gasteiger charge is -2.26. The number of ether oxygens (including phenoxy) is 1. The first-order valence-corrected chi connectivity index (χ1v) is 6.68. The largest absolute Gasteiger partial charge is 0.450 e. The second kappa shape index (κ2) is 4.89. The maximum Gasteiger partial charge on any atom is 0.410 e. The van der Waals surface area contributed by atoms with E-state index in [1.165, 1.54) is 0 Å². The lowest BCUT2D eigenvalue weighted by molar-refractivity contribution is 0.103. The van der Waals surface area contributed by atoms with Crippen molar-refractivity contribution in [2.75, 3.05) is 13.2 Å². The SMILES string of the molecule is CCOC(=O)N1CCc2[nH]c3ccc(C#N)cc3c2C1. The summed E-state index contributed by atoms with van der Waals surface area (Å²) in [6.07, 6.45) is 0.508. The molecule has 1 N–H and O–H groups in total. The maximum absolute atomic E-state index is 11.8. The lowest BCUT2D eigenvalue weighted by atomic mass is 10.0. The summed E-state index contributed by atoms with van der Waals surface area (Å²) in [5, 5.41) is 10.0. The number of nitriles is 1. The van der Waals surface area contributed by atoms with Gasteiger partial charge in [0.15, 0.2) is 0 Å². The minimum absolute atomic E-state index is 0.274. The Morgan fingerprint density at radius 1 is 1.55 bits per heavy atom. The van der Waals surface area contributed by atoms with Gasteiger partial charge in [-0.05, 0) is 25.1 Å². The Balaban J connectivity index is 1.99. The number of amides is 1. The predicted octanol–water partition coefficient (Wildman–Crippen LogP) is 2.55. The second-order valence-electron chi connectivity index (χ2n) is 4.82. The molecule has 0 saturated heterocycles. The fraction of sp³-hybridized carbons (Fsp3) is 0.333. The van der Waals surface area contributed by atoms with Crippen LogP contribution in [0.1, 0.15) is 23.7 Å². The summed E-state index contributed by atoms with van der Waals surface area (Å²) >= 11 is 0. The lowest BCUT2D eigenvalue weighted by Crippen LogP contribution is -2.36. The molecule has 20 heavy (non-hydrogen) atoms. The third-order valence-electron chi connectivity index (χ3n) is 3.63. The minimum Gasteiger partial charge on any atom is -0.450 e. The van der Waals surface area contributed by atoms with Crippen LogP contribution in [0, 0.1) is 11.3 Å². The third-order valence-corrected chi connectivity index (χ3v) is 3.63. The molecule has 0 fully saturated rings. The smallest absolute Gasteiger partial charge is 0.410 e. The highest BCUT2D eigenvalue weighted by atomic mass is 16.6. The Kier molecular flexibility index (Phi) is 3.07. The van der Waals surface area contributed by atoms with Crippen molar-refractivity contribution in [2.24, 2.45) is 0 Å². The van der Waals surface area contributed by atoms with Crippen LogP contribution in [0.2, 0.25) is 0 Å². The summed E-state index contributed by atoms with van der Waals surface area (Å²) in [6.45, 7) is 3.37. The number of carbonyl (C=O) groups excluding carboxylic acids is 1. The van der Waals surface area contributed by atoms with Crippen LogP contribution in [0.15, 0.2) is 18.2 Å². The van der Waals surface area contributed by atoms with Crippen LogP contribution in [0.3, 0.4) is 0 Å². The minimum atomic E-state index is -0.274. The molecule has 0 atom stereocenters. The van der Waals surface area contributed by atoms with Gasteiger partial charge in [-0.3, -0.25) is 0 Å². The first-order chi connectivity index (χ1) is 9.72. The molecule has 0 spiro atoms. The van der Waals surface area contributed by atoms with Crippen LogP contribution in [0.5, 0.6) is 0 Å². The fourth-order valence-electron chi connectivity index (χ4n) is 2.65. The zero-order valence-corrected chi connectivity index (χ0v) is 11.3. The fourth-order valence-corrected chi connectivity index (χ4v) is 2.65. The average molecular weight is 269 g/mol. The van der Waals surface area contributed by atoms with Crippen molar-refractivity contribution >= 4 is 17.0 Å².